The Morgan fingerprint density at radius 1 is 1.00 bits per heavy atom. The van der Waals surface area contributed by atoms with Gasteiger partial charge in [-0.1, -0.05) is 34.1 Å². The molecule has 0 saturated carbocycles. The number of hydrogen-bond acceptors (Lipinski definition) is 1. The van der Waals surface area contributed by atoms with Gasteiger partial charge in [-0.25, -0.2) is 0 Å². The van der Waals surface area contributed by atoms with Crippen LogP contribution in [0.3, 0.4) is 0 Å². The van der Waals surface area contributed by atoms with Crippen LogP contribution >= 0.6 is 0 Å². The standard InChI is InChI=1S/C3H8.C2H6O.C2H6/c1-3-2;1-2-3;1-2/h3H2,1-2H3;3H,2H2,1H3;1-2H3. The molecule has 0 aromatic heterocycles. The van der Waals surface area contributed by atoms with Crippen LogP contribution in [0.5, 0.6) is 0 Å². The monoisotopic (exact) mass is 120 g/mol. The van der Waals surface area contributed by atoms with Crippen molar-refractivity contribution in [3.05, 3.63) is 0 Å². The summed E-state index contributed by atoms with van der Waals surface area (Å²) >= 11 is 0. The van der Waals surface area contributed by atoms with E-state index in [1.165, 1.54) is 6.42 Å². The van der Waals surface area contributed by atoms with Crippen molar-refractivity contribution in [3.63, 3.8) is 0 Å². The second kappa shape index (κ2) is 64.4. The number of rotatable bonds is 0. The molecule has 54 valence electrons. The van der Waals surface area contributed by atoms with Gasteiger partial charge in [-0.3, -0.25) is 0 Å². The first-order valence-electron chi connectivity index (χ1n) is 3.44. The van der Waals surface area contributed by atoms with Crippen LogP contribution in [0, 0.1) is 0 Å². The van der Waals surface area contributed by atoms with E-state index < -0.39 is 0 Å². The maximum absolute atomic E-state index is 7.57. The Labute approximate surface area is 53.7 Å². The molecule has 0 rings (SSSR count). The summed E-state index contributed by atoms with van der Waals surface area (Å²) in [5, 5.41) is 7.57. The molecule has 0 amide bonds. The highest BCUT2D eigenvalue weighted by molar-refractivity contribution is 3.92. The zero-order valence-corrected chi connectivity index (χ0v) is 6.86. The fraction of sp³-hybridized carbons (Fsp3) is 1.00. The summed E-state index contributed by atoms with van der Waals surface area (Å²) in [5.74, 6) is 0. The lowest BCUT2D eigenvalue weighted by Crippen LogP contribution is -1.57. The molecule has 0 radical (unpaired) electrons. The minimum absolute atomic E-state index is 0.250. The molecular formula is C7H20O. The zero-order valence-electron chi connectivity index (χ0n) is 6.86. The molecule has 8 heavy (non-hydrogen) atoms. The third kappa shape index (κ3) is 91600. The van der Waals surface area contributed by atoms with Crippen LogP contribution in [0.15, 0.2) is 0 Å². The van der Waals surface area contributed by atoms with Crippen LogP contribution in [-0.2, 0) is 0 Å². The Morgan fingerprint density at radius 2 is 1.00 bits per heavy atom. The van der Waals surface area contributed by atoms with Crippen molar-refractivity contribution in [3.8, 4) is 0 Å². The number of aliphatic hydroxyl groups excluding tert-OH is 1. The van der Waals surface area contributed by atoms with Crippen LogP contribution in [0.2, 0.25) is 0 Å². The van der Waals surface area contributed by atoms with Crippen LogP contribution in [0.1, 0.15) is 41.0 Å². The number of aliphatic hydroxyl groups is 1. The normalized spacial score (nSPS) is 5.25. The molecule has 0 spiro atoms. The lowest BCUT2D eigenvalue weighted by atomic mass is 10.6. The highest BCUT2D eigenvalue weighted by atomic mass is 16.2. The Morgan fingerprint density at radius 3 is 1.00 bits per heavy atom. The lowest BCUT2D eigenvalue weighted by molar-refractivity contribution is 0.318. The first kappa shape index (κ1) is 15.7. The van der Waals surface area contributed by atoms with E-state index in [2.05, 4.69) is 13.8 Å². The highest BCUT2D eigenvalue weighted by Crippen LogP contribution is 1.56. The van der Waals surface area contributed by atoms with Gasteiger partial charge in [0.25, 0.3) is 0 Å². The van der Waals surface area contributed by atoms with Crippen molar-refractivity contribution in [1.29, 1.82) is 0 Å². The quantitative estimate of drug-likeness (QED) is 0.520. The average Bonchev–Trinajstić information content (AvgIpc) is 1.75. The summed E-state index contributed by atoms with van der Waals surface area (Å²) in [7, 11) is 0. The van der Waals surface area contributed by atoms with E-state index in [0.717, 1.165) is 0 Å². The van der Waals surface area contributed by atoms with Gasteiger partial charge in [0.1, 0.15) is 0 Å². The van der Waals surface area contributed by atoms with Crippen molar-refractivity contribution < 1.29 is 5.11 Å². The summed E-state index contributed by atoms with van der Waals surface area (Å²) in [6.07, 6.45) is 1.25. The molecule has 0 aliphatic heterocycles. The van der Waals surface area contributed by atoms with Crippen molar-refractivity contribution in [2.24, 2.45) is 0 Å². The van der Waals surface area contributed by atoms with E-state index in [-0.39, 0.29) is 6.61 Å². The van der Waals surface area contributed by atoms with Gasteiger partial charge in [-0.15, -0.1) is 0 Å². The van der Waals surface area contributed by atoms with Crippen LogP contribution in [-0.4, -0.2) is 11.7 Å². The van der Waals surface area contributed by atoms with Crippen molar-refractivity contribution in [2.45, 2.75) is 41.0 Å². The van der Waals surface area contributed by atoms with Gasteiger partial charge in [0, 0.05) is 6.61 Å². The van der Waals surface area contributed by atoms with Crippen LogP contribution in [0.4, 0.5) is 0 Å². The molecule has 1 N–H and O–H groups in total. The summed E-state index contributed by atoms with van der Waals surface area (Å²) in [6.45, 7) is 10.2. The Hall–Kier alpha value is -0.0400. The summed E-state index contributed by atoms with van der Waals surface area (Å²) in [6, 6.07) is 0. The molecule has 1 heteroatoms. The first-order valence-corrected chi connectivity index (χ1v) is 3.44. The Balaban J connectivity index is -0.0000000483. The fourth-order valence-electron chi connectivity index (χ4n) is 0. The Kier molecular flexibility index (Phi) is 126. The maximum atomic E-state index is 7.57. The number of hydrogen-bond donors (Lipinski definition) is 1. The molecule has 0 aromatic rings. The molecule has 0 unspecified atom stereocenters. The third-order valence-corrected chi connectivity index (χ3v) is 0. The Bertz CT molecular complexity index is 6.35. The molecule has 0 saturated heterocycles. The van der Waals surface area contributed by atoms with Gasteiger partial charge in [-0.05, 0) is 6.92 Å². The van der Waals surface area contributed by atoms with Gasteiger partial charge < -0.3 is 5.11 Å². The summed E-state index contributed by atoms with van der Waals surface area (Å²) < 4.78 is 0. The van der Waals surface area contributed by atoms with Gasteiger partial charge in [0.15, 0.2) is 0 Å². The van der Waals surface area contributed by atoms with E-state index in [9.17, 15) is 0 Å². The van der Waals surface area contributed by atoms with Gasteiger partial charge >= 0.3 is 0 Å². The van der Waals surface area contributed by atoms with Crippen molar-refractivity contribution in [2.75, 3.05) is 6.61 Å². The smallest absolute Gasteiger partial charge is 0.0402 e. The van der Waals surface area contributed by atoms with Crippen molar-refractivity contribution in [1.82, 2.24) is 0 Å². The fourth-order valence-corrected chi connectivity index (χ4v) is 0. The van der Waals surface area contributed by atoms with E-state index in [1.807, 2.05) is 13.8 Å². The summed E-state index contributed by atoms with van der Waals surface area (Å²) in [5.41, 5.74) is 0. The topological polar surface area (TPSA) is 20.2 Å². The predicted octanol–water partition coefficient (Wildman–Crippen LogP) is 2.44. The molecule has 0 aliphatic carbocycles. The van der Waals surface area contributed by atoms with Crippen molar-refractivity contribution >= 4 is 0 Å². The van der Waals surface area contributed by atoms with E-state index in [4.69, 9.17) is 5.11 Å². The van der Waals surface area contributed by atoms with Crippen LogP contribution in [0.25, 0.3) is 0 Å². The molecule has 0 aromatic carbocycles. The van der Waals surface area contributed by atoms with Gasteiger partial charge in [0.05, 0.1) is 0 Å². The largest absolute Gasteiger partial charge is 0.397 e. The molecule has 0 heterocycles. The SMILES string of the molecule is CC.CCC.CCO. The van der Waals surface area contributed by atoms with E-state index in [0.29, 0.717) is 0 Å². The van der Waals surface area contributed by atoms with Gasteiger partial charge in [0.2, 0.25) is 0 Å². The van der Waals surface area contributed by atoms with E-state index in [1.54, 1.807) is 6.92 Å². The average molecular weight is 120 g/mol. The third-order valence-electron chi connectivity index (χ3n) is 0. The highest BCUT2D eigenvalue weighted by Gasteiger charge is 1.35. The first-order chi connectivity index (χ1) is 3.83. The van der Waals surface area contributed by atoms with Crippen LogP contribution < -0.4 is 0 Å². The molecule has 0 aliphatic rings. The summed E-state index contributed by atoms with van der Waals surface area (Å²) in [4.78, 5) is 0. The lowest BCUT2D eigenvalue weighted by Gasteiger charge is -1.52. The van der Waals surface area contributed by atoms with E-state index >= 15 is 0 Å². The zero-order chi connectivity index (χ0) is 7.41. The molecule has 0 atom stereocenters. The molecular weight excluding hydrogens is 100 g/mol. The molecule has 0 bridgehead atoms. The molecule has 1 nitrogen and oxygen atoms in total. The second-order valence-electron chi connectivity index (χ2n) is 1.02. The minimum Gasteiger partial charge on any atom is -0.397 e. The second-order valence-corrected chi connectivity index (χ2v) is 1.02. The predicted molar refractivity (Wildman–Crippen MR) is 40.1 cm³/mol. The minimum atomic E-state index is 0.250. The molecule has 0 fully saturated rings. The van der Waals surface area contributed by atoms with Gasteiger partial charge in [-0.2, -0.15) is 0 Å². The maximum Gasteiger partial charge on any atom is 0.0402 e.